The molecule has 2 heterocycles. The van der Waals surface area contributed by atoms with Gasteiger partial charge in [0.1, 0.15) is 10.2 Å². The molecule has 0 aliphatic carbocycles. The Bertz CT molecular complexity index is 663. The zero-order valence-corrected chi connectivity index (χ0v) is 10.00. The molecule has 0 aromatic carbocycles. The minimum absolute atomic E-state index is 0.0373. The number of halogens is 2. The van der Waals surface area contributed by atoms with Crippen LogP contribution >= 0.6 is 23.2 Å². The van der Waals surface area contributed by atoms with Gasteiger partial charge in [-0.15, -0.1) is 0 Å². The Morgan fingerprint density at radius 1 is 1.35 bits per heavy atom. The quantitative estimate of drug-likeness (QED) is 0.837. The van der Waals surface area contributed by atoms with Gasteiger partial charge in [0.2, 0.25) is 0 Å². The molecule has 5 nitrogen and oxygen atoms in total. The summed E-state index contributed by atoms with van der Waals surface area (Å²) in [4.78, 5) is 28.5. The van der Waals surface area contributed by atoms with E-state index < -0.39 is 11.2 Å². The van der Waals surface area contributed by atoms with Gasteiger partial charge in [0.05, 0.1) is 6.54 Å². The molecule has 0 bridgehead atoms. The van der Waals surface area contributed by atoms with E-state index in [1.165, 1.54) is 17.0 Å². The highest BCUT2D eigenvalue weighted by atomic mass is 35.5. The minimum Gasteiger partial charge on any atom is -0.295 e. The van der Waals surface area contributed by atoms with E-state index >= 15 is 0 Å². The lowest BCUT2D eigenvalue weighted by atomic mass is 10.3. The maximum absolute atomic E-state index is 11.5. The first kappa shape index (κ1) is 11.9. The van der Waals surface area contributed by atoms with Gasteiger partial charge in [-0.05, 0) is 17.7 Å². The fraction of sp³-hybridized carbons (Fsp3) is 0.100. The molecule has 88 valence electrons. The summed E-state index contributed by atoms with van der Waals surface area (Å²) in [6, 6.07) is 3.35. The molecule has 1 N–H and O–H groups in total. The zero-order valence-electron chi connectivity index (χ0n) is 8.48. The van der Waals surface area contributed by atoms with Crippen molar-refractivity contribution in [1.82, 2.24) is 14.5 Å². The van der Waals surface area contributed by atoms with Crippen LogP contribution in [0.2, 0.25) is 10.2 Å². The van der Waals surface area contributed by atoms with Crippen molar-refractivity contribution in [3.8, 4) is 0 Å². The van der Waals surface area contributed by atoms with Crippen molar-refractivity contribution in [3.63, 3.8) is 0 Å². The highest BCUT2D eigenvalue weighted by Gasteiger charge is 2.03. The number of H-pyrrole nitrogens is 1. The number of hydrogen-bond donors (Lipinski definition) is 1. The summed E-state index contributed by atoms with van der Waals surface area (Å²) in [6.07, 6.45) is 2.83. The van der Waals surface area contributed by atoms with Crippen molar-refractivity contribution < 1.29 is 0 Å². The van der Waals surface area contributed by atoms with Crippen molar-refractivity contribution in [2.24, 2.45) is 0 Å². The Labute approximate surface area is 106 Å². The summed E-state index contributed by atoms with van der Waals surface area (Å²) in [6.45, 7) is 0.261. The number of aromatic nitrogens is 3. The van der Waals surface area contributed by atoms with Crippen LogP contribution in [0, 0.1) is 0 Å². The summed E-state index contributed by atoms with van der Waals surface area (Å²) in [5.41, 5.74) is -0.330. The van der Waals surface area contributed by atoms with Crippen molar-refractivity contribution in [3.05, 3.63) is 61.1 Å². The Hall–Kier alpha value is -1.59. The summed E-state index contributed by atoms with van der Waals surface area (Å²) in [5, 5.41) is 0.302. The maximum atomic E-state index is 11.5. The van der Waals surface area contributed by atoms with Crippen LogP contribution in [0.1, 0.15) is 5.56 Å². The normalized spacial score (nSPS) is 10.5. The van der Waals surface area contributed by atoms with Crippen LogP contribution in [-0.2, 0) is 6.54 Å². The molecule has 0 fully saturated rings. The number of rotatable bonds is 2. The first-order chi connectivity index (χ1) is 8.06. The molecule has 7 heteroatoms. The van der Waals surface area contributed by atoms with Crippen molar-refractivity contribution in [1.29, 1.82) is 0 Å². The van der Waals surface area contributed by atoms with Crippen molar-refractivity contribution in [2.45, 2.75) is 6.54 Å². The van der Waals surface area contributed by atoms with Crippen LogP contribution in [0.5, 0.6) is 0 Å². The molecule has 2 rings (SSSR count). The summed E-state index contributed by atoms with van der Waals surface area (Å²) < 4.78 is 1.29. The number of nitrogens with one attached hydrogen (secondary N) is 1. The largest absolute Gasteiger partial charge is 0.328 e. The molecule has 0 amide bonds. The van der Waals surface area contributed by atoms with E-state index in [4.69, 9.17) is 23.2 Å². The van der Waals surface area contributed by atoms with Gasteiger partial charge < -0.3 is 0 Å². The van der Waals surface area contributed by atoms with E-state index in [9.17, 15) is 9.59 Å². The fourth-order valence-electron chi connectivity index (χ4n) is 1.34. The fourth-order valence-corrected chi connectivity index (χ4v) is 1.70. The van der Waals surface area contributed by atoms with E-state index in [1.54, 1.807) is 12.1 Å². The average Bonchev–Trinajstić information content (AvgIpc) is 2.26. The van der Waals surface area contributed by atoms with Crippen molar-refractivity contribution in [2.75, 3.05) is 0 Å². The molecular formula is C10H7Cl2N3O2. The van der Waals surface area contributed by atoms with Crippen molar-refractivity contribution >= 4 is 23.2 Å². The third-order valence-electron chi connectivity index (χ3n) is 2.11. The van der Waals surface area contributed by atoms with Crippen LogP contribution in [0.4, 0.5) is 0 Å². The average molecular weight is 272 g/mol. The molecular weight excluding hydrogens is 265 g/mol. The number of aromatic amines is 1. The second kappa shape index (κ2) is 4.73. The molecule has 0 spiro atoms. The second-order valence-electron chi connectivity index (χ2n) is 3.35. The van der Waals surface area contributed by atoms with E-state index in [0.29, 0.717) is 5.15 Å². The first-order valence-corrected chi connectivity index (χ1v) is 5.41. The lowest BCUT2D eigenvalue weighted by Gasteiger charge is -2.05. The zero-order chi connectivity index (χ0) is 12.4. The molecule has 17 heavy (non-hydrogen) atoms. The van der Waals surface area contributed by atoms with Gasteiger partial charge in [-0.2, -0.15) is 0 Å². The molecule has 0 saturated heterocycles. The van der Waals surface area contributed by atoms with Gasteiger partial charge in [0.25, 0.3) is 5.56 Å². The predicted octanol–water partition coefficient (Wildman–Crippen LogP) is 1.29. The molecule has 2 aromatic heterocycles. The monoisotopic (exact) mass is 271 g/mol. The lowest BCUT2D eigenvalue weighted by molar-refractivity contribution is 0.720. The summed E-state index contributed by atoms with van der Waals surface area (Å²) in [5.74, 6) is 0. The third-order valence-corrected chi connectivity index (χ3v) is 2.59. The van der Waals surface area contributed by atoms with E-state index in [1.807, 2.05) is 0 Å². The number of nitrogens with zero attached hydrogens (tertiary/aromatic N) is 2. The lowest BCUT2D eigenvalue weighted by Crippen LogP contribution is -2.29. The van der Waals surface area contributed by atoms with Crippen LogP contribution in [0.15, 0.2) is 34.1 Å². The summed E-state index contributed by atoms with van der Waals surface area (Å²) in [7, 11) is 0. The SMILES string of the molecule is O=c1[nH]c(=O)n(Cc2ccnc(Cl)c2)cc1Cl. The van der Waals surface area contributed by atoms with Gasteiger partial charge in [-0.25, -0.2) is 9.78 Å². The Balaban J connectivity index is 2.40. The standard InChI is InChI=1S/C10H7Cl2N3O2/c11-7-5-15(10(17)14-9(7)16)4-6-1-2-13-8(12)3-6/h1-3,5H,4H2,(H,14,16,17). The molecule has 0 aliphatic rings. The number of pyridine rings is 1. The Morgan fingerprint density at radius 2 is 2.12 bits per heavy atom. The van der Waals surface area contributed by atoms with Gasteiger partial charge in [0, 0.05) is 12.4 Å². The van der Waals surface area contributed by atoms with Gasteiger partial charge in [0.15, 0.2) is 0 Å². The predicted molar refractivity (Wildman–Crippen MR) is 64.7 cm³/mol. The smallest absolute Gasteiger partial charge is 0.295 e. The molecule has 0 atom stereocenters. The van der Waals surface area contributed by atoms with Crippen LogP contribution < -0.4 is 11.2 Å². The minimum atomic E-state index is -0.597. The van der Waals surface area contributed by atoms with Gasteiger partial charge in [-0.1, -0.05) is 23.2 Å². The highest BCUT2D eigenvalue weighted by Crippen LogP contribution is 2.08. The van der Waals surface area contributed by atoms with Gasteiger partial charge >= 0.3 is 5.69 Å². The van der Waals surface area contributed by atoms with Crippen LogP contribution in [0.3, 0.4) is 0 Å². The highest BCUT2D eigenvalue weighted by molar-refractivity contribution is 6.30. The van der Waals surface area contributed by atoms with Gasteiger partial charge in [-0.3, -0.25) is 14.3 Å². The Morgan fingerprint density at radius 3 is 2.82 bits per heavy atom. The van der Waals surface area contributed by atoms with E-state index in [2.05, 4.69) is 9.97 Å². The number of hydrogen-bond acceptors (Lipinski definition) is 3. The molecule has 2 aromatic rings. The third kappa shape index (κ3) is 2.75. The topological polar surface area (TPSA) is 67.8 Å². The van der Waals surface area contributed by atoms with Crippen LogP contribution in [0.25, 0.3) is 0 Å². The molecule has 0 saturated carbocycles. The maximum Gasteiger partial charge on any atom is 0.328 e. The molecule has 0 aliphatic heterocycles. The van der Waals surface area contributed by atoms with E-state index in [-0.39, 0.29) is 11.6 Å². The van der Waals surface area contributed by atoms with E-state index in [0.717, 1.165) is 5.56 Å². The second-order valence-corrected chi connectivity index (χ2v) is 4.15. The van der Waals surface area contributed by atoms with Crippen LogP contribution in [-0.4, -0.2) is 14.5 Å². The first-order valence-electron chi connectivity index (χ1n) is 4.66. The Kier molecular flexibility index (Phi) is 3.31. The molecule has 0 radical (unpaired) electrons. The summed E-state index contributed by atoms with van der Waals surface area (Å²) >= 11 is 11.4. The molecule has 0 unspecified atom stereocenters.